The lowest BCUT2D eigenvalue weighted by Crippen LogP contribution is -2.37. The first-order valence-corrected chi connectivity index (χ1v) is 8.39. The van der Waals surface area contributed by atoms with Crippen molar-refractivity contribution in [2.24, 2.45) is 0 Å². The zero-order valence-electron chi connectivity index (χ0n) is 12.6. The van der Waals surface area contributed by atoms with Gasteiger partial charge in [0.15, 0.2) is 0 Å². The number of hydrogen-bond donors (Lipinski definition) is 0. The van der Waals surface area contributed by atoms with E-state index in [1.165, 1.54) is 28.4 Å². The van der Waals surface area contributed by atoms with Gasteiger partial charge in [0.05, 0.1) is 12.0 Å². The number of ether oxygens (including phenoxy) is 1. The molecule has 2 rings (SSSR count). The molecule has 1 amide bonds. The lowest BCUT2D eigenvalue weighted by molar-refractivity contribution is 0.126. The fraction of sp³-hybridized carbons (Fsp3) is 0.500. The first-order chi connectivity index (χ1) is 10.4. The summed E-state index contributed by atoms with van der Waals surface area (Å²) in [7, 11) is -2.41. The average Bonchev–Trinajstić information content (AvgIpc) is 2.72. The largest absolute Gasteiger partial charge is 0.453 e. The van der Waals surface area contributed by atoms with Gasteiger partial charge in [-0.05, 0) is 37.1 Å². The van der Waals surface area contributed by atoms with E-state index in [1.54, 1.807) is 6.92 Å². The Morgan fingerprint density at radius 1 is 1.23 bits per heavy atom. The Hall–Kier alpha value is -1.67. The van der Waals surface area contributed by atoms with Gasteiger partial charge in [0.25, 0.3) is 0 Å². The highest BCUT2D eigenvalue weighted by atomic mass is 32.2. The van der Waals surface area contributed by atoms with Gasteiger partial charge in [-0.1, -0.05) is 0 Å². The van der Waals surface area contributed by atoms with Crippen LogP contribution in [0.5, 0.6) is 0 Å². The second-order valence-electron chi connectivity index (χ2n) is 5.12. The van der Waals surface area contributed by atoms with Crippen LogP contribution in [0.1, 0.15) is 12.0 Å². The van der Waals surface area contributed by atoms with Crippen molar-refractivity contribution in [2.45, 2.75) is 18.2 Å². The standard InChI is InChI=1S/C14H19FN2O4S/c1-11-10-12(15)4-5-13(11)22(19,20)17-7-3-6-16(8-9-17)14(18)21-2/h4-5,10H,3,6-9H2,1-2H3. The molecule has 1 aliphatic heterocycles. The number of halogens is 1. The van der Waals surface area contributed by atoms with Gasteiger partial charge in [-0.3, -0.25) is 0 Å². The first kappa shape index (κ1) is 16.7. The van der Waals surface area contributed by atoms with Crippen LogP contribution in [-0.2, 0) is 14.8 Å². The Balaban J connectivity index is 2.21. The van der Waals surface area contributed by atoms with Crippen molar-refractivity contribution in [3.05, 3.63) is 29.6 Å². The molecule has 1 saturated heterocycles. The molecule has 0 atom stereocenters. The lowest BCUT2D eigenvalue weighted by Gasteiger charge is -2.22. The van der Waals surface area contributed by atoms with Crippen molar-refractivity contribution in [3.8, 4) is 0 Å². The van der Waals surface area contributed by atoms with Crippen LogP contribution in [0.2, 0.25) is 0 Å². The fourth-order valence-corrected chi connectivity index (χ4v) is 4.16. The third kappa shape index (κ3) is 3.38. The van der Waals surface area contributed by atoms with Crippen LogP contribution in [0.3, 0.4) is 0 Å². The summed E-state index contributed by atoms with van der Waals surface area (Å²) in [6, 6.07) is 3.62. The highest BCUT2D eigenvalue weighted by Crippen LogP contribution is 2.22. The topological polar surface area (TPSA) is 66.9 Å². The molecule has 0 spiro atoms. The molecule has 1 aromatic carbocycles. The molecule has 0 unspecified atom stereocenters. The van der Waals surface area contributed by atoms with Gasteiger partial charge in [-0.25, -0.2) is 17.6 Å². The van der Waals surface area contributed by atoms with Gasteiger partial charge in [0.1, 0.15) is 5.82 Å². The van der Waals surface area contributed by atoms with Gasteiger partial charge in [0.2, 0.25) is 10.0 Å². The first-order valence-electron chi connectivity index (χ1n) is 6.95. The Labute approximate surface area is 129 Å². The van der Waals surface area contributed by atoms with Gasteiger partial charge in [-0.2, -0.15) is 4.31 Å². The molecule has 122 valence electrons. The summed E-state index contributed by atoms with van der Waals surface area (Å²) >= 11 is 0. The number of carbonyl (C=O) groups is 1. The molecule has 0 saturated carbocycles. The number of methoxy groups -OCH3 is 1. The van der Waals surface area contributed by atoms with Crippen molar-refractivity contribution in [2.75, 3.05) is 33.3 Å². The van der Waals surface area contributed by atoms with E-state index < -0.39 is 21.9 Å². The molecule has 0 aliphatic carbocycles. The predicted molar refractivity (Wildman–Crippen MR) is 78.5 cm³/mol. The Morgan fingerprint density at radius 3 is 2.59 bits per heavy atom. The molecule has 0 N–H and O–H groups in total. The number of sulfonamides is 1. The van der Waals surface area contributed by atoms with Crippen molar-refractivity contribution < 1.29 is 22.3 Å². The minimum atomic E-state index is -3.70. The van der Waals surface area contributed by atoms with Gasteiger partial charge in [-0.15, -0.1) is 0 Å². The van der Waals surface area contributed by atoms with Crippen molar-refractivity contribution in [3.63, 3.8) is 0 Å². The Kier molecular flexibility index (Phi) is 5.02. The summed E-state index contributed by atoms with van der Waals surface area (Å²) in [5.41, 5.74) is 0.370. The number of carbonyl (C=O) groups excluding carboxylic acids is 1. The van der Waals surface area contributed by atoms with Crippen LogP contribution in [0.4, 0.5) is 9.18 Å². The number of hydrogen-bond acceptors (Lipinski definition) is 4. The van der Waals surface area contributed by atoms with E-state index in [0.717, 1.165) is 6.07 Å². The lowest BCUT2D eigenvalue weighted by atomic mass is 10.2. The number of rotatable bonds is 2. The second kappa shape index (κ2) is 6.62. The van der Waals surface area contributed by atoms with E-state index in [9.17, 15) is 17.6 Å². The molecule has 1 aliphatic rings. The fourth-order valence-electron chi connectivity index (χ4n) is 2.49. The summed E-state index contributed by atoms with van der Waals surface area (Å²) in [6.07, 6.45) is 0.0615. The Bertz CT molecular complexity index is 663. The van der Waals surface area contributed by atoms with E-state index in [-0.39, 0.29) is 18.0 Å². The van der Waals surface area contributed by atoms with Crippen LogP contribution in [0.25, 0.3) is 0 Å². The van der Waals surface area contributed by atoms with Crippen molar-refractivity contribution in [1.82, 2.24) is 9.21 Å². The molecule has 1 fully saturated rings. The smallest absolute Gasteiger partial charge is 0.409 e. The molecule has 0 radical (unpaired) electrons. The summed E-state index contributed by atoms with van der Waals surface area (Å²) in [6.45, 7) is 2.78. The van der Waals surface area contributed by atoms with Crippen molar-refractivity contribution >= 4 is 16.1 Å². The van der Waals surface area contributed by atoms with Gasteiger partial charge < -0.3 is 9.64 Å². The third-order valence-electron chi connectivity index (χ3n) is 3.64. The zero-order valence-corrected chi connectivity index (χ0v) is 13.4. The van der Waals surface area contributed by atoms with E-state index in [0.29, 0.717) is 25.1 Å². The molecule has 0 aromatic heterocycles. The summed E-state index contributed by atoms with van der Waals surface area (Å²) in [4.78, 5) is 13.1. The average molecular weight is 330 g/mol. The van der Waals surface area contributed by atoms with E-state index >= 15 is 0 Å². The SMILES string of the molecule is COC(=O)N1CCCN(S(=O)(=O)c2ccc(F)cc2C)CC1. The number of aryl methyl sites for hydroxylation is 1. The number of benzene rings is 1. The molecule has 1 aromatic rings. The quantitative estimate of drug-likeness (QED) is 0.826. The second-order valence-corrected chi connectivity index (χ2v) is 7.03. The Morgan fingerprint density at radius 2 is 1.95 bits per heavy atom. The zero-order chi connectivity index (χ0) is 16.3. The minimum Gasteiger partial charge on any atom is -0.453 e. The van der Waals surface area contributed by atoms with Crippen LogP contribution in [0, 0.1) is 12.7 Å². The third-order valence-corrected chi connectivity index (χ3v) is 5.70. The molecule has 8 heteroatoms. The van der Waals surface area contributed by atoms with E-state index in [2.05, 4.69) is 4.74 Å². The molecule has 6 nitrogen and oxygen atoms in total. The van der Waals surface area contributed by atoms with Crippen LogP contribution < -0.4 is 0 Å². The van der Waals surface area contributed by atoms with Crippen LogP contribution >= 0.6 is 0 Å². The summed E-state index contributed by atoms with van der Waals surface area (Å²) in [5, 5.41) is 0. The summed E-state index contributed by atoms with van der Waals surface area (Å²) < 4.78 is 44.5. The normalized spacial score (nSPS) is 17.1. The molecular formula is C14H19FN2O4S. The molecule has 1 heterocycles. The highest BCUT2D eigenvalue weighted by Gasteiger charge is 2.29. The van der Waals surface area contributed by atoms with Crippen LogP contribution in [-0.4, -0.2) is 57.0 Å². The van der Waals surface area contributed by atoms with E-state index in [1.807, 2.05) is 0 Å². The van der Waals surface area contributed by atoms with Crippen LogP contribution in [0.15, 0.2) is 23.1 Å². The highest BCUT2D eigenvalue weighted by molar-refractivity contribution is 7.89. The molecule has 0 bridgehead atoms. The van der Waals surface area contributed by atoms with Gasteiger partial charge >= 0.3 is 6.09 Å². The van der Waals surface area contributed by atoms with E-state index in [4.69, 9.17) is 0 Å². The summed E-state index contributed by atoms with van der Waals surface area (Å²) in [5.74, 6) is -0.468. The number of nitrogens with zero attached hydrogens (tertiary/aromatic N) is 2. The van der Waals surface area contributed by atoms with Gasteiger partial charge in [0, 0.05) is 26.2 Å². The van der Waals surface area contributed by atoms with Crippen molar-refractivity contribution in [1.29, 1.82) is 0 Å². The molecular weight excluding hydrogens is 311 g/mol. The maximum atomic E-state index is 13.2. The maximum Gasteiger partial charge on any atom is 0.409 e. The number of amides is 1. The predicted octanol–water partition coefficient (Wildman–Crippen LogP) is 1.60. The minimum absolute atomic E-state index is 0.0976. The molecule has 22 heavy (non-hydrogen) atoms. The monoisotopic (exact) mass is 330 g/mol. The maximum absolute atomic E-state index is 13.2.